The minimum atomic E-state index is -4.63. The molecule has 5 nitrogen and oxygen atoms in total. The minimum Gasteiger partial charge on any atom is -0.451 e. The Hall–Kier alpha value is -3.24. The number of alkyl halides is 3. The maximum atomic E-state index is 13.9. The number of carbonyl (C=O) groups excluding carboxylic acids is 2. The average Bonchev–Trinajstić information content (AvgIpc) is 3.45. The summed E-state index contributed by atoms with van der Waals surface area (Å²) in [7, 11) is 0. The van der Waals surface area contributed by atoms with Gasteiger partial charge in [-0.25, -0.2) is 9.78 Å². The maximum absolute atomic E-state index is 13.9. The molecule has 0 aliphatic rings. The molecule has 182 valence electrons. The van der Waals surface area contributed by atoms with E-state index >= 15 is 0 Å². The van der Waals surface area contributed by atoms with Gasteiger partial charge >= 0.3 is 12.1 Å². The quantitative estimate of drug-likeness (QED) is 0.273. The first-order valence-electron chi connectivity index (χ1n) is 10.7. The van der Waals surface area contributed by atoms with Crippen LogP contribution in [-0.2, 0) is 15.7 Å². The molecular weight excluding hydrogens is 497 g/mol. The van der Waals surface area contributed by atoms with Crippen LogP contribution in [-0.4, -0.2) is 23.5 Å². The van der Waals surface area contributed by atoms with Crippen LogP contribution in [0.3, 0.4) is 0 Å². The van der Waals surface area contributed by atoms with E-state index in [0.29, 0.717) is 16.5 Å². The van der Waals surface area contributed by atoms with Crippen LogP contribution in [0.4, 0.5) is 18.9 Å². The van der Waals surface area contributed by atoms with Gasteiger partial charge in [0.1, 0.15) is 9.71 Å². The third-order valence-electron chi connectivity index (χ3n) is 5.36. The Labute approximate surface area is 207 Å². The second-order valence-electron chi connectivity index (χ2n) is 8.17. The van der Waals surface area contributed by atoms with Crippen LogP contribution in [0.25, 0.3) is 20.8 Å². The molecule has 0 saturated heterocycles. The highest BCUT2D eigenvalue weighted by Crippen LogP contribution is 2.42. The Morgan fingerprint density at radius 1 is 1.14 bits per heavy atom. The van der Waals surface area contributed by atoms with Crippen molar-refractivity contribution in [2.45, 2.75) is 32.9 Å². The molecule has 0 radical (unpaired) electrons. The van der Waals surface area contributed by atoms with Crippen molar-refractivity contribution in [3.63, 3.8) is 0 Å². The number of esters is 1. The molecule has 0 bridgehead atoms. The van der Waals surface area contributed by atoms with Crippen LogP contribution in [0, 0.1) is 6.92 Å². The van der Waals surface area contributed by atoms with E-state index in [-0.39, 0.29) is 26.4 Å². The zero-order valence-corrected chi connectivity index (χ0v) is 20.7. The number of fused-ring (bicyclic) bond motifs is 1. The number of aryl methyl sites for hydroxylation is 1. The molecule has 0 saturated carbocycles. The zero-order valence-electron chi connectivity index (χ0n) is 19.0. The first kappa shape index (κ1) is 24.9. The summed E-state index contributed by atoms with van der Waals surface area (Å²) in [5.74, 6) is -1.08. The number of nitrogens with one attached hydrogen (secondary N) is 1. The number of pyridine rings is 1. The van der Waals surface area contributed by atoms with Crippen molar-refractivity contribution in [2.75, 3.05) is 11.9 Å². The summed E-state index contributed by atoms with van der Waals surface area (Å²) in [6.07, 6.45) is -4.63. The Balaban J connectivity index is 1.54. The molecule has 0 atom stereocenters. The number of anilines is 1. The van der Waals surface area contributed by atoms with Crippen LogP contribution >= 0.6 is 22.7 Å². The summed E-state index contributed by atoms with van der Waals surface area (Å²) in [6, 6.07) is 11.7. The second kappa shape index (κ2) is 9.79. The molecule has 0 unspecified atom stereocenters. The fourth-order valence-electron chi connectivity index (χ4n) is 3.56. The second-order valence-corrected chi connectivity index (χ2v) is 10.1. The van der Waals surface area contributed by atoms with Gasteiger partial charge < -0.3 is 10.1 Å². The number of thiophene rings is 2. The highest BCUT2D eigenvalue weighted by Gasteiger charge is 2.36. The highest BCUT2D eigenvalue weighted by molar-refractivity contribution is 7.20. The van der Waals surface area contributed by atoms with E-state index < -0.39 is 30.2 Å². The van der Waals surface area contributed by atoms with E-state index in [1.807, 2.05) is 12.1 Å². The Kier molecular flexibility index (Phi) is 6.95. The first-order valence-corrected chi connectivity index (χ1v) is 12.4. The molecule has 3 aromatic heterocycles. The zero-order chi connectivity index (χ0) is 25.3. The molecule has 0 spiro atoms. The Bertz CT molecular complexity index is 1380. The topological polar surface area (TPSA) is 68.3 Å². The summed E-state index contributed by atoms with van der Waals surface area (Å²) in [4.78, 5) is 30.0. The Morgan fingerprint density at radius 2 is 1.86 bits per heavy atom. The van der Waals surface area contributed by atoms with Crippen LogP contribution < -0.4 is 5.32 Å². The molecule has 35 heavy (non-hydrogen) atoms. The van der Waals surface area contributed by atoms with Crippen molar-refractivity contribution in [2.24, 2.45) is 0 Å². The molecule has 0 fully saturated rings. The van der Waals surface area contributed by atoms with Gasteiger partial charge in [0.15, 0.2) is 6.61 Å². The number of aromatic nitrogens is 1. The number of halogens is 3. The molecule has 1 N–H and O–H groups in total. The minimum absolute atomic E-state index is 0.0181. The number of rotatable bonds is 6. The van der Waals surface area contributed by atoms with E-state index in [1.165, 1.54) is 18.3 Å². The van der Waals surface area contributed by atoms with E-state index in [0.717, 1.165) is 23.0 Å². The van der Waals surface area contributed by atoms with E-state index in [1.54, 1.807) is 29.6 Å². The van der Waals surface area contributed by atoms with Gasteiger partial charge in [0.05, 0.1) is 16.1 Å². The van der Waals surface area contributed by atoms with Crippen LogP contribution in [0.1, 0.15) is 46.1 Å². The SMILES string of the molecule is Cc1c(C(=O)OCC(=O)Nc2ccc(C(C)C)cc2)sc2nc(-c3cccs3)cc(C(F)(F)F)c12. The summed E-state index contributed by atoms with van der Waals surface area (Å²) in [5, 5.41) is 4.25. The highest BCUT2D eigenvalue weighted by atomic mass is 32.1. The lowest BCUT2D eigenvalue weighted by atomic mass is 10.0. The predicted octanol–water partition coefficient (Wildman–Crippen LogP) is 7.27. The third-order valence-corrected chi connectivity index (χ3v) is 7.42. The van der Waals surface area contributed by atoms with Gasteiger partial charge in [-0.15, -0.1) is 22.7 Å². The molecule has 0 aliphatic carbocycles. The number of benzene rings is 1. The van der Waals surface area contributed by atoms with Gasteiger partial charge in [-0.2, -0.15) is 13.2 Å². The van der Waals surface area contributed by atoms with Gasteiger partial charge in [0.25, 0.3) is 5.91 Å². The van der Waals surface area contributed by atoms with Crippen molar-refractivity contribution in [1.29, 1.82) is 0 Å². The molecule has 10 heteroatoms. The van der Waals surface area contributed by atoms with Crippen LogP contribution in [0.2, 0.25) is 0 Å². The number of hydrogen-bond donors (Lipinski definition) is 1. The monoisotopic (exact) mass is 518 g/mol. The summed E-state index contributed by atoms with van der Waals surface area (Å²) in [6.45, 7) is 4.96. The fraction of sp³-hybridized carbons (Fsp3) is 0.240. The molecular formula is C25H21F3N2O3S2. The molecule has 4 rings (SSSR count). The van der Waals surface area contributed by atoms with Crippen molar-refractivity contribution >= 4 is 50.5 Å². The van der Waals surface area contributed by atoms with Crippen LogP contribution in [0.5, 0.6) is 0 Å². The summed E-state index contributed by atoms with van der Waals surface area (Å²) < 4.78 is 46.7. The lowest BCUT2D eigenvalue weighted by molar-refractivity contribution is -0.136. The van der Waals surface area contributed by atoms with Gasteiger partial charge in [0, 0.05) is 11.1 Å². The predicted molar refractivity (Wildman–Crippen MR) is 132 cm³/mol. The lowest BCUT2D eigenvalue weighted by Gasteiger charge is -2.11. The maximum Gasteiger partial charge on any atom is 0.417 e. The lowest BCUT2D eigenvalue weighted by Crippen LogP contribution is -2.20. The molecule has 4 aromatic rings. The standard InChI is InChI=1S/C25H21F3N2O3S2/c1-13(2)15-6-8-16(9-7-15)29-20(31)12-33-24(32)22-14(3)21-17(25(26,27)28)11-18(30-23(21)35-22)19-5-4-10-34-19/h4-11,13H,12H2,1-3H3,(H,29,31). The first-order chi connectivity index (χ1) is 16.5. The molecule has 1 aromatic carbocycles. The van der Waals surface area contributed by atoms with Crippen molar-refractivity contribution in [1.82, 2.24) is 4.98 Å². The Morgan fingerprint density at radius 3 is 2.46 bits per heavy atom. The average molecular weight is 519 g/mol. The number of amides is 1. The summed E-state index contributed by atoms with van der Waals surface area (Å²) in [5.41, 5.74) is 1.11. The number of hydrogen-bond acceptors (Lipinski definition) is 6. The molecule has 3 heterocycles. The van der Waals surface area contributed by atoms with Gasteiger partial charge in [-0.05, 0) is 53.6 Å². The molecule has 1 amide bonds. The normalized spacial score (nSPS) is 11.7. The smallest absolute Gasteiger partial charge is 0.417 e. The van der Waals surface area contributed by atoms with Gasteiger partial charge in [-0.1, -0.05) is 32.0 Å². The largest absolute Gasteiger partial charge is 0.451 e. The van der Waals surface area contributed by atoms with Crippen molar-refractivity contribution in [3.8, 4) is 10.6 Å². The van der Waals surface area contributed by atoms with Gasteiger partial charge in [0.2, 0.25) is 0 Å². The van der Waals surface area contributed by atoms with Crippen molar-refractivity contribution in [3.05, 3.63) is 69.4 Å². The van der Waals surface area contributed by atoms with E-state index in [2.05, 4.69) is 24.1 Å². The van der Waals surface area contributed by atoms with Gasteiger partial charge in [-0.3, -0.25) is 4.79 Å². The van der Waals surface area contributed by atoms with Crippen LogP contribution in [0.15, 0.2) is 47.8 Å². The number of ether oxygens (including phenoxy) is 1. The third kappa shape index (κ3) is 5.38. The van der Waals surface area contributed by atoms with E-state index in [9.17, 15) is 22.8 Å². The molecule has 0 aliphatic heterocycles. The number of carbonyl (C=O) groups is 2. The van der Waals surface area contributed by atoms with Crippen molar-refractivity contribution < 1.29 is 27.5 Å². The number of nitrogens with zero attached hydrogens (tertiary/aromatic N) is 1. The summed E-state index contributed by atoms with van der Waals surface area (Å²) >= 11 is 2.09. The van der Waals surface area contributed by atoms with E-state index in [4.69, 9.17) is 4.74 Å². The fourth-order valence-corrected chi connectivity index (χ4v) is 5.34.